The Kier molecular flexibility index (Phi) is 5.61. The third kappa shape index (κ3) is 3.83. The third-order valence-electron chi connectivity index (χ3n) is 5.23. The van der Waals surface area contributed by atoms with Gasteiger partial charge in [-0.25, -0.2) is 0 Å². The molecule has 3 rings (SSSR count). The van der Waals surface area contributed by atoms with E-state index in [1.54, 1.807) is 14.2 Å². The molecule has 0 unspecified atom stereocenters. The molecule has 1 aliphatic heterocycles. The van der Waals surface area contributed by atoms with Crippen LogP contribution >= 0.6 is 0 Å². The molecule has 1 N–H and O–H groups in total. The third-order valence-corrected chi connectivity index (χ3v) is 5.23. The molecule has 24 heavy (non-hydrogen) atoms. The number of hydrogen-bond acceptors (Lipinski definition) is 4. The molecule has 0 radical (unpaired) electrons. The molecule has 1 heterocycles. The number of benzene rings is 1. The summed E-state index contributed by atoms with van der Waals surface area (Å²) in [6.45, 7) is 1.42. The van der Waals surface area contributed by atoms with Gasteiger partial charge in [0.1, 0.15) is 11.5 Å². The number of ether oxygens (including phenoxy) is 2. The van der Waals surface area contributed by atoms with Crippen molar-refractivity contribution < 1.29 is 14.3 Å². The Labute approximate surface area is 144 Å². The summed E-state index contributed by atoms with van der Waals surface area (Å²) >= 11 is 0. The highest BCUT2D eigenvalue weighted by Gasteiger charge is 2.30. The minimum atomic E-state index is 0.154. The monoisotopic (exact) mass is 332 g/mol. The number of hydrogen-bond donors (Lipinski definition) is 1. The summed E-state index contributed by atoms with van der Waals surface area (Å²) in [6, 6.07) is 6.57. The highest BCUT2D eigenvalue weighted by atomic mass is 16.5. The minimum absolute atomic E-state index is 0.154. The number of amides is 1. The van der Waals surface area contributed by atoms with E-state index in [9.17, 15) is 4.79 Å². The van der Waals surface area contributed by atoms with Gasteiger partial charge in [0.25, 0.3) is 0 Å². The summed E-state index contributed by atoms with van der Waals surface area (Å²) in [5.41, 5.74) is 1.14. The Balaban J connectivity index is 1.67. The lowest BCUT2D eigenvalue weighted by atomic mass is 10.0. The fraction of sp³-hybridized carbons (Fsp3) is 0.632. The van der Waals surface area contributed by atoms with Crippen LogP contribution in [0.4, 0.5) is 0 Å². The molecule has 0 aromatic heterocycles. The van der Waals surface area contributed by atoms with Crippen LogP contribution in [0.5, 0.6) is 11.5 Å². The van der Waals surface area contributed by atoms with Crippen molar-refractivity contribution >= 4 is 5.91 Å². The van der Waals surface area contributed by atoms with Gasteiger partial charge in [0, 0.05) is 23.7 Å². The summed E-state index contributed by atoms with van der Waals surface area (Å²) in [5.74, 6) is 1.78. The van der Waals surface area contributed by atoms with Crippen molar-refractivity contribution in [2.24, 2.45) is 0 Å². The van der Waals surface area contributed by atoms with Crippen LogP contribution < -0.4 is 14.8 Å². The maximum absolute atomic E-state index is 12.4. The quantitative estimate of drug-likeness (QED) is 0.870. The molecule has 1 aliphatic carbocycles. The molecule has 1 saturated heterocycles. The van der Waals surface area contributed by atoms with Gasteiger partial charge >= 0.3 is 0 Å². The van der Waals surface area contributed by atoms with Crippen molar-refractivity contribution in [1.29, 1.82) is 0 Å². The van der Waals surface area contributed by atoms with Crippen LogP contribution in [0.15, 0.2) is 18.2 Å². The molecule has 0 spiro atoms. The number of nitrogens with one attached hydrogen (secondary N) is 1. The van der Waals surface area contributed by atoms with Gasteiger partial charge in [0.15, 0.2) is 0 Å². The van der Waals surface area contributed by atoms with Crippen LogP contribution in [0, 0.1) is 0 Å². The SMILES string of the molecule is COc1ccc([C@H]2CCCN2CC(=O)NC2CCCC2)c(OC)c1. The van der Waals surface area contributed by atoms with Crippen LogP contribution in [0.2, 0.25) is 0 Å². The molecule has 2 aliphatic rings. The van der Waals surface area contributed by atoms with E-state index in [0.717, 1.165) is 49.3 Å². The normalized spacial score (nSPS) is 21.8. The summed E-state index contributed by atoms with van der Waals surface area (Å²) in [4.78, 5) is 14.7. The molecule has 2 fully saturated rings. The number of likely N-dealkylation sites (tertiary alicyclic amines) is 1. The van der Waals surface area contributed by atoms with Gasteiger partial charge in [-0.3, -0.25) is 9.69 Å². The Hall–Kier alpha value is -1.75. The first kappa shape index (κ1) is 17.1. The molecule has 5 heteroatoms. The van der Waals surface area contributed by atoms with Crippen LogP contribution in [-0.4, -0.2) is 44.2 Å². The topological polar surface area (TPSA) is 50.8 Å². The van der Waals surface area contributed by atoms with E-state index in [1.807, 2.05) is 12.1 Å². The summed E-state index contributed by atoms with van der Waals surface area (Å²) < 4.78 is 10.8. The number of rotatable bonds is 6. The second kappa shape index (κ2) is 7.88. The zero-order chi connectivity index (χ0) is 16.9. The molecule has 1 aromatic rings. The van der Waals surface area contributed by atoms with E-state index in [0.29, 0.717) is 12.6 Å². The van der Waals surface area contributed by atoms with Crippen LogP contribution in [-0.2, 0) is 4.79 Å². The van der Waals surface area contributed by atoms with E-state index in [2.05, 4.69) is 16.3 Å². The van der Waals surface area contributed by atoms with Crippen LogP contribution in [0.1, 0.15) is 50.1 Å². The molecule has 0 bridgehead atoms. The fourth-order valence-electron chi connectivity index (χ4n) is 3.99. The van der Waals surface area contributed by atoms with Crippen molar-refractivity contribution in [2.75, 3.05) is 27.3 Å². The lowest BCUT2D eigenvalue weighted by Crippen LogP contribution is -2.41. The van der Waals surface area contributed by atoms with Crippen molar-refractivity contribution in [1.82, 2.24) is 10.2 Å². The first-order chi connectivity index (χ1) is 11.7. The van der Waals surface area contributed by atoms with Crippen molar-refractivity contribution in [3.63, 3.8) is 0 Å². The van der Waals surface area contributed by atoms with Gasteiger partial charge in [-0.1, -0.05) is 18.9 Å². The standard InChI is InChI=1S/C19H28N2O3/c1-23-15-9-10-16(18(12-15)24-2)17-8-5-11-21(17)13-19(22)20-14-6-3-4-7-14/h9-10,12,14,17H,3-8,11,13H2,1-2H3,(H,20,22)/t17-/m1/s1. The second-order valence-electron chi connectivity index (χ2n) is 6.79. The average Bonchev–Trinajstić information content (AvgIpc) is 3.26. The predicted molar refractivity (Wildman–Crippen MR) is 93.5 cm³/mol. The zero-order valence-corrected chi connectivity index (χ0v) is 14.7. The minimum Gasteiger partial charge on any atom is -0.497 e. The number of carbonyl (C=O) groups is 1. The maximum atomic E-state index is 12.4. The number of methoxy groups -OCH3 is 2. The fourth-order valence-corrected chi connectivity index (χ4v) is 3.99. The van der Waals surface area contributed by atoms with E-state index in [1.165, 1.54) is 12.8 Å². The molecule has 1 saturated carbocycles. The number of carbonyl (C=O) groups excluding carboxylic acids is 1. The van der Waals surface area contributed by atoms with E-state index >= 15 is 0 Å². The summed E-state index contributed by atoms with van der Waals surface area (Å²) in [6.07, 6.45) is 6.89. The molecular weight excluding hydrogens is 304 g/mol. The highest BCUT2D eigenvalue weighted by Crippen LogP contribution is 2.38. The first-order valence-corrected chi connectivity index (χ1v) is 8.96. The Bertz CT molecular complexity index is 570. The molecule has 5 nitrogen and oxygen atoms in total. The van der Waals surface area contributed by atoms with E-state index in [4.69, 9.17) is 9.47 Å². The molecule has 1 atom stereocenters. The van der Waals surface area contributed by atoms with Crippen LogP contribution in [0.25, 0.3) is 0 Å². The summed E-state index contributed by atoms with van der Waals surface area (Å²) in [7, 11) is 3.34. The lowest BCUT2D eigenvalue weighted by Gasteiger charge is -2.26. The average molecular weight is 332 g/mol. The predicted octanol–water partition coefficient (Wildman–Crippen LogP) is 2.90. The Morgan fingerprint density at radius 1 is 1.17 bits per heavy atom. The zero-order valence-electron chi connectivity index (χ0n) is 14.7. The van der Waals surface area contributed by atoms with Gasteiger partial charge in [0.2, 0.25) is 5.91 Å². The number of nitrogens with zero attached hydrogens (tertiary/aromatic N) is 1. The highest BCUT2D eigenvalue weighted by molar-refractivity contribution is 5.78. The molecule has 1 amide bonds. The van der Waals surface area contributed by atoms with Gasteiger partial charge in [-0.05, 0) is 38.3 Å². The molecule has 132 valence electrons. The lowest BCUT2D eigenvalue weighted by molar-refractivity contribution is -0.123. The Morgan fingerprint density at radius 3 is 2.67 bits per heavy atom. The van der Waals surface area contributed by atoms with Crippen LogP contribution in [0.3, 0.4) is 0 Å². The van der Waals surface area contributed by atoms with Crippen molar-refractivity contribution in [2.45, 2.75) is 50.6 Å². The van der Waals surface area contributed by atoms with Gasteiger partial charge in [-0.15, -0.1) is 0 Å². The van der Waals surface area contributed by atoms with E-state index in [-0.39, 0.29) is 11.9 Å². The van der Waals surface area contributed by atoms with E-state index < -0.39 is 0 Å². The van der Waals surface area contributed by atoms with Crippen molar-refractivity contribution in [3.05, 3.63) is 23.8 Å². The first-order valence-electron chi connectivity index (χ1n) is 8.96. The largest absolute Gasteiger partial charge is 0.497 e. The van der Waals surface area contributed by atoms with Crippen molar-refractivity contribution in [3.8, 4) is 11.5 Å². The maximum Gasteiger partial charge on any atom is 0.234 e. The Morgan fingerprint density at radius 2 is 1.96 bits per heavy atom. The van der Waals surface area contributed by atoms with Gasteiger partial charge in [0.05, 0.1) is 20.8 Å². The van der Waals surface area contributed by atoms with Gasteiger partial charge < -0.3 is 14.8 Å². The smallest absolute Gasteiger partial charge is 0.234 e. The van der Waals surface area contributed by atoms with Gasteiger partial charge in [-0.2, -0.15) is 0 Å². The summed E-state index contributed by atoms with van der Waals surface area (Å²) in [5, 5.41) is 3.19. The molecular formula is C19H28N2O3. The second-order valence-corrected chi connectivity index (χ2v) is 6.79. The molecule has 1 aromatic carbocycles.